The van der Waals surface area contributed by atoms with Gasteiger partial charge in [0, 0.05) is 71.8 Å². The van der Waals surface area contributed by atoms with E-state index in [0.717, 1.165) is 28.5 Å². The standard InChI is InChI=1S/C32H27F2N5O2/c33-24-7-1-4-20(27(24)34)21-9-8-17(29-22(28(21)35)5-2-10-36-29)13-26(40)19-12-18-14-32(15-25(18)38-16-19)23-6-3-11-37-30(23)39-31(32)41/h1-7,10-12,16-17,21,28H,8-9,13-15,35H2,(H,37,39,41)/t17-,21+,28+,32+/m1/s1. The fourth-order valence-corrected chi connectivity index (χ4v) is 6.93. The van der Waals surface area contributed by atoms with Gasteiger partial charge >= 0.3 is 0 Å². The first-order valence-electron chi connectivity index (χ1n) is 13.8. The van der Waals surface area contributed by atoms with E-state index in [-0.39, 0.29) is 29.6 Å². The van der Waals surface area contributed by atoms with Crippen molar-refractivity contribution >= 4 is 17.5 Å². The summed E-state index contributed by atoms with van der Waals surface area (Å²) in [6, 6.07) is 12.8. The number of hydrogen-bond donors (Lipinski definition) is 2. The Bertz CT molecular complexity index is 1730. The molecule has 0 saturated heterocycles. The Balaban J connectivity index is 1.15. The largest absolute Gasteiger partial charge is 0.323 e. The first kappa shape index (κ1) is 25.6. The Morgan fingerprint density at radius 1 is 1.00 bits per heavy atom. The SMILES string of the molecule is N[C@@H]1c2cccnc2[C@@H](CC(=O)c2cnc3c(c2)C[C@@]2(C3)C(=O)Nc3ncccc32)CC[C@H]1c1cccc(F)c1F. The summed E-state index contributed by atoms with van der Waals surface area (Å²) in [7, 11) is 0. The third-order valence-corrected chi connectivity index (χ3v) is 9.02. The number of carbonyl (C=O) groups is 2. The predicted octanol–water partition coefficient (Wildman–Crippen LogP) is 5.07. The molecule has 1 aliphatic heterocycles. The maximum Gasteiger partial charge on any atom is 0.237 e. The van der Waals surface area contributed by atoms with Crippen molar-refractivity contribution in [3.63, 3.8) is 0 Å². The van der Waals surface area contributed by atoms with Gasteiger partial charge in [-0.25, -0.2) is 13.8 Å². The number of hydrogen-bond acceptors (Lipinski definition) is 6. The molecule has 41 heavy (non-hydrogen) atoms. The molecular formula is C32H27F2N5O2. The summed E-state index contributed by atoms with van der Waals surface area (Å²) >= 11 is 0. The summed E-state index contributed by atoms with van der Waals surface area (Å²) in [5.41, 5.74) is 10.6. The molecule has 7 nitrogen and oxygen atoms in total. The van der Waals surface area contributed by atoms with Crippen LogP contribution in [0.4, 0.5) is 14.6 Å². The number of carbonyl (C=O) groups excluding carboxylic acids is 2. The minimum absolute atomic E-state index is 0.0928. The van der Waals surface area contributed by atoms with Crippen LogP contribution in [0.2, 0.25) is 0 Å². The summed E-state index contributed by atoms with van der Waals surface area (Å²) in [5, 5.41) is 2.89. The van der Waals surface area contributed by atoms with Crippen LogP contribution in [0.5, 0.6) is 0 Å². The second-order valence-electron chi connectivity index (χ2n) is 11.3. The molecule has 4 heterocycles. The van der Waals surface area contributed by atoms with Crippen LogP contribution >= 0.6 is 0 Å². The molecule has 4 aromatic rings. The molecule has 7 rings (SSSR count). The summed E-state index contributed by atoms with van der Waals surface area (Å²) in [6.07, 6.45) is 7.00. The lowest BCUT2D eigenvalue weighted by molar-refractivity contribution is -0.120. The number of aromatic nitrogens is 3. The zero-order valence-electron chi connectivity index (χ0n) is 22.1. The zero-order valence-corrected chi connectivity index (χ0v) is 22.1. The van der Waals surface area contributed by atoms with Crippen LogP contribution in [0.15, 0.2) is 67.1 Å². The molecular weight excluding hydrogens is 524 g/mol. The molecule has 0 unspecified atom stereocenters. The highest BCUT2D eigenvalue weighted by molar-refractivity contribution is 6.06. The lowest BCUT2D eigenvalue weighted by Gasteiger charge is -2.23. The molecule has 1 spiro atoms. The maximum atomic E-state index is 14.8. The third-order valence-electron chi connectivity index (χ3n) is 9.02. The van der Waals surface area contributed by atoms with Gasteiger partial charge in [0.2, 0.25) is 5.91 Å². The van der Waals surface area contributed by atoms with Gasteiger partial charge in [-0.1, -0.05) is 24.3 Å². The second-order valence-corrected chi connectivity index (χ2v) is 11.3. The molecule has 206 valence electrons. The van der Waals surface area contributed by atoms with Crippen LogP contribution in [0.3, 0.4) is 0 Å². The molecule has 9 heteroatoms. The van der Waals surface area contributed by atoms with Gasteiger partial charge in [-0.2, -0.15) is 0 Å². The number of halogens is 2. The average molecular weight is 552 g/mol. The monoisotopic (exact) mass is 551 g/mol. The van der Waals surface area contributed by atoms with E-state index in [4.69, 9.17) is 5.73 Å². The van der Waals surface area contributed by atoms with E-state index in [1.165, 1.54) is 6.07 Å². The smallest absolute Gasteiger partial charge is 0.237 e. The number of amides is 1. The zero-order chi connectivity index (χ0) is 28.3. The number of nitrogens with two attached hydrogens (primary N) is 1. The first-order chi connectivity index (χ1) is 19.9. The van der Waals surface area contributed by atoms with Crippen molar-refractivity contribution in [2.75, 3.05) is 5.32 Å². The number of pyridine rings is 3. The fourth-order valence-electron chi connectivity index (χ4n) is 6.93. The third kappa shape index (κ3) is 4.06. The number of nitrogens with one attached hydrogen (secondary N) is 1. The van der Waals surface area contributed by atoms with Crippen LogP contribution in [0.25, 0.3) is 0 Å². The van der Waals surface area contributed by atoms with Gasteiger partial charge in [0.1, 0.15) is 5.82 Å². The van der Waals surface area contributed by atoms with E-state index >= 15 is 0 Å². The van der Waals surface area contributed by atoms with Gasteiger partial charge in [-0.15, -0.1) is 0 Å². The van der Waals surface area contributed by atoms with Gasteiger partial charge in [0.15, 0.2) is 17.4 Å². The van der Waals surface area contributed by atoms with Crippen molar-refractivity contribution in [3.8, 4) is 0 Å². The number of Topliss-reactive ketones (excluding diaryl/α,β-unsaturated/α-hetero) is 1. The molecule has 0 fully saturated rings. The molecule has 3 N–H and O–H groups in total. The Labute approximate surface area is 235 Å². The van der Waals surface area contributed by atoms with Crippen LogP contribution in [0.1, 0.15) is 81.1 Å². The Kier molecular flexibility index (Phi) is 6.01. The number of ketones is 1. The van der Waals surface area contributed by atoms with Crippen molar-refractivity contribution in [1.29, 1.82) is 0 Å². The number of fused-ring (bicyclic) bond motifs is 4. The average Bonchev–Trinajstić information content (AvgIpc) is 3.46. The highest BCUT2D eigenvalue weighted by atomic mass is 19.2. The lowest BCUT2D eigenvalue weighted by Crippen LogP contribution is -2.35. The van der Waals surface area contributed by atoms with Gasteiger partial charge in [0.05, 0.1) is 5.41 Å². The second kappa shape index (κ2) is 9.62. The Hall–Kier alpha value is -4.37. The summed E-state index contributed by atoms with van der Waals surface area (Å²) < 4.78 is 28.9. The minimum atomic E-state index is -0.905. The fraction of sp³-hybridized carbons (Fsp3) is 0.281. The molecule has 2 aliphatic carbocycles. The number of benzene rings is 1. The molecule has 0 saturated carbocycles. The summed E-state index contributed by atoms with van der Waals surface area (Å²) in [5.74, 6) is -2.10. The predicted molar refractivity (Wildman–Crippen MR) is 147 cm³/mol. The molecule has 1 amide bonds. The van der Waals surface area contributed by atoms with Crippen molar-refractivity contribution in [3.05, 3.63) is 118 Å². The lowest BCUT2D eigenvalue weighted by atomic mass is 9.80. The van der Waals surface area contributed by atoms with E-state index in [1.807, 2.05) is 24.3 Å². The van der Waals surface area contributed by atoms with E-state index in [9.17, 15) is 18.4 Å². The van der Waals surface area contributed by atoms with Crippen LogP contribution in [-0.2, 0) is 23.1 Å². The van der Waals surface area contributed by atoms with E-state index in [2.05, 4.69) is 20.3 Å². The highest BCUT2D eigenvalue weighted by Crippen LogP contribution is 2.47. The molecule has 0 radical (unpaired) electrons. The van der Waals surface area contributed by atoms with Gasteiger partial charge in [-0.3, -0.25) is 19.6 Å². The normalized spacial score (nSPS) is 24.4. The summed E-state index contributed by atoms with van der Waals surface area (Å²) in [6.45, 7) is 0. The highest BCUT2D eigenvalue weighted by Gasteiger charge is 2.51. The summed E-state index contributed by atoms with van der Waals surface area (Å²) in [4.78, 5) is 40.2. The molecule has 1 aromatic carbocycles. The minimum Gasteiger partial charge on any atom is -0.323 e. The van der Waals surface area contributed by atoms with Gasteiger partial charge in [0.25, 0.3) is 0 Å². The van der Waals surface area contributed by atoms with Crippen LogP contribution in [-0.4, -0.2) is 26.6 Å². The first-order valence-corrected chi connectivity index (χ1v) is 13.8. The van der Waals surface area contributed by atoms with E-state index in [1.54, 1.807) is 30.7 Å². The Morgan fingerprint density at radius 2 is 1.80 bits per heavy atom. The number of rotatable bonds is 4. The van der Waals surface area contributed by atoms with Crippen LogP contribution in [0, 0.1) is 11.6 Å². The van der Waals surface area contributed by atoms with Crippen molar-refractivity contribution in [1.82, 2.24) is 15.0 Å². The Morgan fingerprint density at radius 3 is 2.68 bits per heavy atom. The van der Waals surface area contributed by atoms with Gasteiger partial charge in [-0.05, 0) is 60.2 Å². The van der Waals surface area contributed by atoms with Crippen molar-refractivity contribution < 1.29 is 18.4 Å². The van der Waals surface area contributed by atoms with Crippen LogP contribution < -0.4 is 11.1 Å². The van der Waals surface area contributed by atoms with Crippen molar-refractivity contribution in [2.45, 2.75) is 55.4 Å². The molecule has 3 aliphatic rings. The number of nitrogens with zero attached hydrogens (tertiary/aromatic N) is 3. The van der Waals surface area contributed by atoms with Crippen molar-refractivity contribution in [2.24, 2.45) is 5.73 Å². The number of anilines is 1. The van der Waals surface area contributed by atoms with E-state index in [0.29, 0.717) is 42.8 Å². The molecule has 0 bridgehead atoms. The van der Waals surface area contributed by atoms with E-state index < -0.39 is 29.0 Å². The molecule has 4 atom stereocenters. The maximum absolute atomic E-state index is 14.8. The van der Waals surface area contributed by atoms with Gasteiger partial charge < -0.3 is 11.1 Å². The quantitative estimate of drug-likeness (QED) is 0.271. The topological polar surface area (TPSA) is 111 Å². The molecule has 3 aromatic heterocycles.